The van der Waals surface area contributed by atoms with Crippen molar-refractivity contribution in [2.75, 3.05) is 75.1 Å². The zero-order chi connectivity index (χ0) is 82.0. The van der Waals surface area contributed by atoms with Gasteiger partial charge in [-0.05, 0) is 179 Å². The third-order valence-electron chi connectivity index (χ3n) is 27.8. The molecule has 11 N–H and O–H groups in total. The van der Waals surface area contributed by atoms with Crippen molar-refractivity contribution < 1.29 is 161 Å². The number of carbonyl (C=O) groups is 2. The van der Waals surface area contributed by atoms with Crippen LogP contribution in [0.25, 0.3) is 0 Å². The molecule has 0 saturated carbocycles. The Kier molecular flexibility index (Phi) is 24.3. The molecule has 6 aromatic rings. The monoisotopic (exact) mass is 2030 g/mol. The number of fused-ring (bicyclic) bond motifs is 27. The van der Waals surface area contributed by atoms with Crippen LogP contribution in [0.15, 0.2) is 18.2 Å². The summed E-state index contributed by atoms with van der Waals surface area (Å²) in [6.07, 6.45) is 3.41. The van der Waals surface area contributed by atoms with E-state index < -0.39 is 36.3 Å². The Morgan fingerprint density at radius 2 is 0.795 bits per heavy atom. The van der Waals surface area contributed by atoms with Crippen LogP contribution < -0.4 is 55.3 Å². The maximum atomic E-state index is 12.9. The van der Waals surface area contributed by atoms with E-state index >= 15 is 0 Å². The van der Waals surface area contributed by atoms with Gasteiger partial charge in [-0.25, -0.2) is 0 Å². The number of rotatable bonds is 10. The molecule has 30 heteroatoms. The predicted molar refractivity (Wildman–Crippen MR) is 422 cm³/mol. The average Bonchev–Trinajstić information content (AvgIpc) is 1.53. The molecule has 2 radical (unpaired) electrons. The number of nitriles is 3. The third kappa shape index (κ3) is 13.4. The molecule has 12 aliphatic heterocycles. The largest absolute Gasteiger partial charge is 0.507 e. The number of nitrogens with two attached hydrogens (primary N) is 2. The van der Waals surface area contributed by atoms with Crippen LogP contribution in [0.2, 0.25) is 0 Å². The predicted octanol–water partition coefficient (Wildman–Crippen LogP) is 8.04. The average molecular weight is 2030 g/mol. The second-order valence-corrected chi connectivity index (χ2v) is 33.8. The van der Waals surface area contributed by atoms with Crippen LogP contribution in [0.1, 0.15) is 174 Å². The summed E-state index contributed by atoms with van der Waals surface area (Å²) in [5.41, 5.74) is 31.1. The van der Waals surface area contributed by atoms with Crippen molar-refractivity contribution in [2.45, 2.75) is 218 Å². The number of aromatic hydroxyl groups is 5. The zero-order valence-electron chi connectivity index (χ0n) is 69.4. The number of likely N-dealkylation sites (N-methyl/N-ethyl adjacent to an activating group) is 3. The summed E-state index contributed by atoms with van der Waals surface area (Å²) < 4.78 is 46.7. The van der Waals surface area contributed by atoms with Gasteiger partial charge in [0.15, 0.2) is 41.3 Å². The van der Waals surface area contributed by atoms with E-state index in [0.29, 0.717) is 95.5 Å². The van der Waals surface area contributed by atoms with Gasteiger partial charge in [-0.3, -0.25) is 39.0 Å². The number of carbonyl (C=O) groups excluding carboxylic acids is 2. The molecule has 18 rings (SSSR count). The first kappa shape index (κ1) is 86.2. The number of methoxy groups -OCH3 is 1. The van der Waals surface area contributed by atoms with Gasteiger partial charge in [0, 0.05) is 224 Å². The molecule has 12 heterocycles. The molecule has 0 aromatic heterocycles. The van der Waals surface area contributed by atoms with Gasteiger partial charge in [0.1, 0.15) is 52.6 Å². The summed E-state index contributed by atoms with van der Waals surface area (Å²) in [4.78, 5) is 38.9. The molecule has 117 heavy (non-hydrogen) atoms. The molecule has 3 unspecified atom stereocenters. The molecule has 0 spiro atoms. The molecule has 12 aliphatic rings. The molecule has 614 valence electrons. The summed E-state index contributed by atoms with van der Waals surface area (Å²) in [5.74, 6) is 4.75. The second kappa shape index (κ2) is 33.0. The quantitative estimate of drug-likeness (QED) is 0.0586. The van der Waals surface area contributed by atoms with Crippen molar-refractivity contribution in [1.29, 1.82) is 15.8 Å². The number of ether oxygens (including phenoxy) is 8. The van der Waals surface area contributed by atoms with Crippen LogP contribution in [0, 0.1) is 190 Å². The first-order valence-corrected chi connectivity index (χ1v) is 39.9. The van der Waals surface area contributed by atoms with E-state index in [9.17, 15) is 50.9 Å². The maximum absolute atomic E-state index is 12.9. The van der Waals surface area contributed by atoms with Gasteiger partial charge >= 0.3 is 0 Å². The molecule has 6 bridgehead atoms. The van der Waals surface area contributed by atoms with E-state index in [2.05, 4.69) is 97.3 Å². The summed E-state index contributed by atoms with van der Waals surface area (Å²) in [5, 5.41) is 94.8. The van der Waals surface area contributed by atoms with Crippen molar-refractivity contribution in [3.05, 3.63) is 135 Å². The van der Waals surface area contributed by atoms with Crippen molar-refractivity contribution in [1.82, 2.24) is 40.0 Å². The van der Waals surface area contributed by atoms with Crippen LogP contribution in [0.4, 0.5) is 0 Å². The van der Waals surface area contributed by atoms with Crippen LogP contribution in [0.5, 0.6) is 69.0 Å². The van der Waals surface area contributed by atoms with Gasteiger partial charge in [0.25, 0.3) is 0 Å². The number of hydrogen-bond donors (Lipinski definition) is 9. The number of nitrogens with one attached hydrogen (secondary N) is 2. The first-order valence-electron chi connectivity index (χ1n) is 39.9. The van der Waals surface area contributed by atoms with Crippen LogP contribution >= 0.6 is 0 Å². The Morgan fingerprint density at radius 1 is 0.470 bits per heavy atom. The smallest absolute Gasteiger partial charge is 0.236 e. The van der Waals surface area contributed by atoms with Crippen LogP contribution in [-0.4, -0.2) is 202 Å². The van der Waals surface area contributed by atoms with Gasteiger partial charge in [-0.2, -0.15) is 15.8 Å². The second-order valence-electron chi connectivity index (χ2n) is 33.8. The maximum Gasteiger partial charge on any atom is 0.236 e. The molecule has 0 aliphatic carbocycles. The Bertz CT molecular complexity index is 5200. The zero-order valence-corrected chi connectivity index (χ0v) is 78.9. The van der Waals surface area contributed by atoms with Gasteiger partial charge in [0.05, 0.1) is 60.5 Å². The number of phenols is 5. The summed E-state index contributed by atoms with van der Waals surface area (Å²) >= 11 is 0. The minimum atomic E-state index is -0.700. The summed E-state index contributed by atoms with van der Waals surface area (Å²) in [7, 11) is 7.77. The van der Waals surface area contributed by atoms with E-state index in [-0.39, 0.29) is 236 Å². The molecule has 2 amide bonds. The molecule has 6 aromatic carbocycles. The summed E-state index contributed by atoms with van der Waals surface area (Å²) in [6.45, 7) is 23.9. The van der Waals surface area contributed by atoms with E-state index in [1.165, 1.54) is 5.56 Å². The third-order valence-corrected chi connectivity index (χ3v) is 27.8. The Balaban J connectivity index is 0.000000144. The Hall–Kier alpha value is -7.15. The normalized spacial score (nSPS) is 27.0. The van der Waals surface area contributed by atoms with Gasteiger partial charge in [-0.15, -0.1) is 0 Å². The number of amides is 2. The van der Waals surface area contributed by atoms with Crippen molar-refractivity contribution in [2.24, 2.45) is 17.4 Å². The molecule has 28 nitrogen and oxygen atoms in total. The number of benzene rings is 6. The molecule has 3 fully saturated rings. The van der Waals surface area contributed by atoms with E-state index in [4.69, 9.17) is 49.4 Å². The standard InChI is InChI=1S/C32H40N4O6.C29H35N5O5.C26H30N4O4.2Ac/c1-15(2)32(38)34-12-24-26-20(28(37)18(5)30-31(26)42-14-41-30)10-22-27-25-19(8-16(3)17(4)29(25)40-13-39-7)9-21(35(27)6)23(11-33)36(22)24;1-12-6-16-7-18-20(9-30)34-19(24(33(18)5)22(16)26(36)13(12)2)8-17-23(21(34)10-32-29(37)15(4)31)28-27(38-11-39-28)14(3)25(17)35;1-11-5-14-6-16-18(8-27)30-17(22(29(16)4)20(14)24(32)12(11)2)7-15-21(19(30)9-28)26-25(33-10-34-26)13(3)23(15)31;;/h8,15,21-24,27,37H,9-10,12-14H2,1-7H3,(H,34,38);6,15,18-21,24,35-36H,7-8,10-11,31H2,1-5H3,(H,32,37);5,16-19,22,31-32H,6-7,9-10,28H2,1-4H3;;/t21-,22?,23-,24-,27-;15-,18-,19?,20-,21-,24-;16-,17?,18-,19-,22-;;/m000../s1. The van der Waals surface area contributed by atoms with Crippen LogP contribution in [-0.2, 0) is 52.9 Å². The molecule has 3 saturated heterocycles. The first-order chi connectivity index (χ1) is 55.0. The van der Waals surface area contributed by atoms with E-state index in [1.54, 1.807) is 21.0 Å². The fourth-order valence-electron chi connectivity index (χ4n) is 21.8. The van der Waals surface area contributed by atoms with Gasteiger partial charge < -0.3 is 85.5 Å². The molecular formula is C87H105Ac2N13O15. The fourth-order valence-corrected chi connectivity index (χ4v) is 21.8. The van der Waals surface area contributed by atoms with E-state index in [0.717, 1.165) is 100 Å². The number of hydrogen-bond acceptors (Lipinski definition) is 26. The summed E-state index contributed by atoms with van der Waals surface area (Å²) in [6, 6.07) is 9.69. The number of piperazine rings is 3. The van der Waals surface area contributed by atoms with E-state index in [1.807, 2.05) is 69.5 Å². The topological polar surface area (TPSA) is 376 Å². The number of aryl methyl sites for hydroxylation is 3. The van der Waals surface area contributed by atoms with Crippen molar-refractivity contribution in [3.63, 3.8) is 0 Å². The molecule has 16 atom stereocenters. The van der Waals surface area contributed by atoms with Crippen molar-refractivity contribution >= 4 is 11.8 Å². The Labute approximate surface area is 754 Å². The van der Waals surface area contributed by atoms with Gasteiger partial charge in [-0.1, -0.05) is 32.0 Å². The van der Waals surface area contributed by atoms with Gasteiger partial charge in [0.2, 0.25) is 32.2 Å². The number of phenolic OH excluding ortho intramolecular Hbond substituents is 5. The SMILES string of the molecule is COCOc1c(C)c(C)cc2c1[C@@H]1C3Cc4c(O)c(C)c5c(c4[C@H](CNC(=O)C(C)C)N3[C@@H](C#N)[C@H](C2)N1C)OCO5.Cc1cc2c(c(O)c1C)[C@@H]1C3Cc4c(O)c(C)c5c(c4[C@H](CN)N3[C@@H](C#N)[C@H](C2)N1C)OCO5.Cc1cc2c(c(O)c1C)[C@@H]1C3Cc4c(O)c(C)c5c(c4[C@H](CNC(=O)[C@H](C)N)N3[C@@H](C#N)[C@H](C2)N1C)OCO5.[Ac].[Ac]. The minimum Gasteiger partial charge on any atom is -0.507 e. The Morgan fingerprint density at radius 3 is 1.14 bits per heavy atom. The van der Waals surface area contributed by atoms with Crippen LogP contribution in [0.3, 0.4) is 0 Å². The minimum absolute atomic E-state index is 0. The number of nitrogens with zero attached hydrogens (tertiary/aromatic N) is 9. The fraction of sp³-hybridized carbons (Fsp3) is 0.529. The molecular weight excluding hydrogens is 1920 g/mol. The van der Waals surface area contributed by atoms with Crippen molar-refractivity contribution in [3.8, 4) is 87.2 Å².